The molecule has 1 N–H and O–H groups in total. The highest BCUT2D eigenvalue weighted by Gasteiger charge is 2.19. The lowest BCUT2D eigenvalue weighted by Gasteiger charge is -2.29. The molecular formula is C14H29NS. The third kappa shape index (κ3) is 6.15. The molecule has 16 heavy (non-hydrogen) atoms. The molecular weight excluding hydrogens is 214 g/mol. The van der Waals surface area contributed by atoms with Crippen LogP contribution in [0.5, 0.6) is 0 Å². The second-order valence-corrected chi connectivity index (χ2v) is 7.96. The average Bonchev–Trinajstić information content (AvgIpc) is 2.24. The van der Waals surface area contributed by atoms with E-state index in [9.17, 15) is 0 Å². The van der Waals surface area contributed by atoms with Crippen LogP contribution in [0.15, 0.2) is 0 Å². The van der Waals surface area contributed by atoms with Gasteiger partial charge in [0.1, 0.15) is 0 Å². The van der Waals surface area contributed by atoms with Gasteiger partial charge in [0.2, 0.25) is 0 Å². The molecule has 0 aromatic rings. The van der Waals surface area contributed by atoms with Crippen LogP contribution in [0.3, 0.4) is 0 Å². The summed E-state index contributed by atoms with van der Waals surface area (Å²) in [6, 6.07) is 0.809. The molecule has 0 saturated heterocycles. The molecule has 0 bridgehead atoms. The molecule has 0 amide bonds. The molecule has 0 aromatic heterocycles. The summed E-state index contributed by atoms with van der Waals surface area (Å²) in [6.07, 6.45) is 7.07. The fraction of sp³-hybridized carbons (Fsp3) is 1.00. The largest absolute Gasteiger partial charge is 0.313 e. The number of thioether (sulfide) groups is 1. The van der Waals surface area contributed by atoms with Crippen LogP contribution in [0, 0.1) is 5.92 Å². The average molecular weight is 243 g/mol. The fourth-order valence-electron chi connectivity index (χ4n) is 2.40. The van der Waals surface area contributed by atoms with Crippen LogP contribution in [0.4, 0.5) is 0 Å². The zero-order valence-corrected chi connectivity index (χ0v) is 12.3. The van der Waals surface area contributed by atoms with E-state index < -0.39 is 0 Å². The molecule has 0 radical (unpaired) electrons. The normalized spacial score (nSPS) is 27.0. The molecule has 0 spiro atoms. The number of hydrogen-bond donors (Lipinski definition) is 1. The van der Waals surface area contributed by atoms with Crippen molar-refractivity contribution in [2.75, 3.05) is 12.3 Å². The van der Waals surface area contributed by atoms with Gasteiger partial charge in [-0.1, -0.05) is 34.1 Å². The van der Waals surface area contributed by atoms with Crippen molar-refractivity contribution in [3.8, 4) is 0 Å². The van der Waals surface area contributed by atoms with Crippen molar-refractivity contribution >= 4 is 11.8 Å². The fourth-order valence-corrected chi connectivity index (χ4v) is 3.23. The van der Waals surface area contributed by atoms with Crippen LogP contribution in [0.25, 0.3) is 0 Å². The Hall–Kier alpha value is 0.310. The van der Waals surface area contributed by atoms with Crippen LogP contribution < -0.4 is 5.32 Å². The molecule has 96 valence electrons. The van der Waals surface area contributed by atoms with Gasteiger partial charge in [0.25, 0.3) is 0 Å². The summed E-state index contributed by atoms with van der Waals surface area (Å²) in [7, 11) is 0. The molecule has 0 aliphatic heterocycles. The lowest BCUT2D eigenvalue weighted by molar-refractivity contribution is 0.289. The zero-order chi connectivity index (χ0) is 12.0. The van der Waals surface area contributed by atoms with Crippen LogP contribution in [-0.4, -0.2) is 23.1 Å². The van der Waals surface area contributed by atoms with Gasteiger partial charge in [-0.3, -0.25) is 0 Å². The maximum atomic E-state index is 3.72. The van der Waals surface area contributed by atoms with Crippen molar-refractivity contribution < 1.29 is 0 Å². The van der Waals surface area contributed by atoms with Gasteiger partial charge in [0, 0.05) is 23.1 Å². The Morgan fingerprint density at radius 1 is 1.12 bits per heavy atom. The first-order valence-electron chi connectivity index (χ1n) is 6.88. The van der Waals surface area contributed by atoms with E-state index in [1.807, 2.05) is 0 Å². The highest BCUT2D eigenvalue weighted by molar-refractivity contribution is 8.00. The quantitative estimate of drug-likeness (QED) is 0.730. The standard InChI is InChI=1S/C14H29NS/c1-5-12-6-8-13(9-7-12)15-10-11-16-14(2,3)4/h12-13,15H,5-11H2,1-4H3. The number of nitrogens with one attached hydrogen (secondary N) is 1. The van der Waals surface area contributed by atoms with E-state index in [-0.39, 0.29) is 0 Å². The highest BCUT2D eigenvalue weighted by atomic mass is 32.2. The SMILES string of the molecule is CCC1CCC(NCCSC(C)(C)C)CC1. The lowest BCUT2D eigenvalue weighted by atomic mass is 9.84. The van der Waals surface area contributed by atoms with Gasteiger partial charge in [-0.15, -0.1) is 0 Å². The van der Waals surface area contributed by atoms with Crippen LogP contribution >= 0.6 is 11.8 Å². The van der Waals surface area contributed by atoms with Gasteiger partial charge < -0.3 is 5.32 Å². The van der Waals surface area contributed by atoms with Crippen molar-refractivity contribution in [3.05, 3.63) is 0 Å². The predicted octanol–water partition coefficient (Wildman–Crippen LogP) is 4.08. The molecule has 1 nitrogen and oxygen atoms in total. The second-order valence-electron chi connectivity index (χ2n) is 6.04. The van der Waals surface area contributed by atoms with Gasteiger partial charge >= 0.3 is 0 Å². The molecule has 0 unspecified atom stereocenters. The van der Waals surface area contributed by atoms with Crippen LogP contribution in [-0.2, 0) is 0 Å². The van der Waals surface area contributed by atoms with Gasteiger partial charge in [0.05, 0.1) is 0 Å². The van der Waals surface area contributed by atoms with Gasteiger partial charge in [-0.25, -0.2) is 0 Å². The second kappa shape index (κ2) is 6.90. The predicted molar refractivity (Wildman–Crippen MR) is 76.3 cm³/mol. The summed E-state index contributed by atoms with van der Waals surface area (Å²) in [5.41, 5.74) is 0. The zero-order valence-electron chi connectivity index (χ0n) is 11.5. The van der Waals surface area contributed by atoms with E-state index in [0.29, 0.717) is 4.75 Å². The van der Waals surface area contributed by atoms with Gasteiger partial charge in [-0.05, 0) is 31.6 Å². The Kier molecular flexibility index (Phi) is 6.20. The van der Waals surface area contributed by atoms with Crippen molar-refractivity contribution in [3.63, 3.8) is 0 Å². The summed E-state index contributed by atoms with van der Waals surface area (Å²) < 4.78 is 0.418. The molecule has 0 aromatic carbocycles. The third-order valence-electron chi connectivity index (χ3n) is 3.49. The maximum Gasteiger partial charge on any atom is 0.00755 e. The minimum atomic E-state index is 0.418. The molecule has 1 aliphatic carbocycles. The molecule has 0 atom stereocenters. The Balaban J connectivity index is 2.02. The minimum absolute atomic E-state index is 0.418. The van der Waals surface area contributed by atoms with Crippen molar-refractivity contribution in [2.45, 2.75) is 70.6 Å². The molecule has 1 aliphatic rings. The lowest BCUT2D eigenvalue weighted by Crippen LogP contribution is -2.34. The summed E-state index contributed by atoms with van der Waals surface area (Å²) in [5.74, 6) is 2.26. The Labute approximate surface area is 106 Å². The molecule has 2 heteroatoms. The number of rotatable bonds is 5. The van der Waals surface area contributed by atoms with Crippen LogP contribution in [0.1, 0.15) is 59.8 Å². The van der Waals surface area contributed by atoms with E-state index in [1.165, 1.54) is 44.4 Å². The Morgan fingerprint density at radius 2 is 1.75 bits per heavy atom. The summed E-state index contributed by atoms with van der Waals surface area (Å²) in [6.45, 7) is 10.4. The monoisotopic (exact) mass is 243 g/mol. The Morgan fingerprint density at radius 3 is 2.25 bits per heavy atom. The number of hydrogen-bond acceptors (Lipinski definition) is 2. The first-order valence-corrected chi connectivity index (χ1v) is 7.87. The molecule has 1 fully saturated rings. The first kappa shape index (κ1) is 14.4. The van der Waals surface area contributed by atoms with E-state index >= 15 is 0 Å². The van der Waals surface area contributed by atoms with Crippen molar-refractivity contribution in [1.29, 1.82) is 0 Å². The molecule has 0 heterocycles. The van der Waals surface area contributed by atoms with Crippen molar-refractivity contribution in [1.82, 2.24) is 5.32 Å². The van der Waals surface area contributed by atoms with Crippen molar-refractivity contribution in [2.24, 2.45) is 5.92 Å². The highest BCUT2D eigenvalue weighted by Crippen LogP contribution is 2.26. The van der Waals surface area contributed by atoms with Gasteiger partial charge in [0.15, 0.2) is 0 Å². The topological polar surface area (TPSA) is 12.0 Å². The maximum absolute atomic E-state index is 3.72. The van der Waals surface area contributed by atoms with E-state index in [0.717, 1.165) is 12.0 Å². The van der Waals surface area contributed by atoms with E-state index in [4.69, 9.17) is 0 Å². The molecule has 1 saturated carbocycles. The Bertz CT molecular complexity index is 178. The first-order chi connectivity index (χ1) is 7.51. The van der Waals surface area contributed by atoms with Gasteiger partial charge in [-0.2, -0.15) is 11.8 Å². The smallest absolute Gasteiger partial charge is 0.00755 e. The summed E-state index contributed by atoms with van der Waals surface area (Å²) >= 11 is 2.06. The summed E-state index contributed by atoms with van der Waals surface area (Å²) in [4.78, 5) is 0. The molecule has 1 rings (SSSR count). The minimum Gasteiger partial charge on any atom is -0.313 e. The van der Waals surface area contributed by atoms with Crippen LogP contribution in [0.2, 0.25) is 0 Å². The van der Waals surface area contributed by atoms with E-state index in [2.05, 4.69) is 44.8 Å². The summed E-state index contributed by atoms with van der Waals surface area (Å²) in [5, 5.41) is 3.72. The van der Waals surface area contributed by atoms with E-state index in [1.54, 1.807) is 0 Å². The third-order valence-corrected chi connectivity index (χ3v) is 4.77.